The summed E-state index contributed by atoms with van der Waals surface area (Å²) in [6, 6.07) is 0. The lowest BCUT2D eigenvalue weighted by atomic mass is 10.0. The Hall–Kier alpha value is -4.11. The smallest absolute Gasteiger partial charge is 0.462 e. The van der Waals surface area contributed by atoms with Crippen molar-refractivity contribution in [1.82, 2.24) is 0 Å². The summed E-state index contributed by atoms with van der Waals surface area (Å²) in [5, 5.41) is 0. The van der Waals surface area contributed by atoms with E-state index in [1.807, 2.05) is 6.08 Å². The predicted molar refractivity (Wildman–Crippen MR) is 339 cm³/mol. The van der Waals surface area contributed by atoms with Gasteiger partial charge in [-0.25, -0.2) is 4.57 Å². The number of ether oxygens (including phenoxy) is 2. The fraction of sp³-hybridized carbons (Fsp3) is 0.623. The summed E-state index contributed by atoms with van der Waals surface area (Å²) in [4.78, 5) is 35.1. The Bertz CT molecular complexity index is 1800. The molecule has 0 heterocycles. The number of unbranched alkanes of at least 4 members (excludes halogenated alkanes) is 20. The van der Waals surface area contributed by atoms with Crippen molar-refractivity contribution >= 4 is 19.8 Å². The molecule has 0 aromatic rings. The molecule has 9 nitrogen and oxygen atoms in total. The molecule has 0 aliphatic carbocycles. The van der Waals surface area contributed by atoms with E-state index in [2.05, 4.69) is 154 Å². The van der Waals surface area contributed by atoms with Gasteiger partial charge in [0, 0.05) is 19.4 Å². The van der Waals surface area contributed by atoms with Crippen molar-refractivity contribution in [3.63, 3.8) is 0 Å². The molecule has 0 radical (unpaired) electrons. The van der Waals surface area contributed by atoms with E-state index in [4.69, 9.17) is 24.3 Å². The van der Waals surface area contributed by atoms with Crippen LogP contribution < -0.4 is 5.73 Å². The van der Waals surface area contributed by atoms with Gasteiger partial charge in [-0.1, -0.05) is 269 Å². The van der Waals surface area contributed by atoms with Gasteiger partial charge in [0.1, 0.15) is 6.61 Å². The van der Waals surface area contributed by atoms with Crippen molar-refractivity contribution in [2.45, 2.75) is 251 Å². The molecule has 2 atom stereocenters. The summed E-state index contributed by atoms with van der Waals surface area (Å²) in [7, 11) is -4.41. The predicted octanol–water partition coefficient (Wildman–Crippen LogP) is 20.3. The van der Waals surface area contributed by atoms with E-state index in [1.165, 1.54) is 103 Å². The Balaban J connectivity index is 3.89. The summed E-state index contributed by atoms with van der Waals surface area (Å²) in [5.41, 5.74) is 5.38. The first-order valence-corrected chi connectivity index (χ1v) is 32.8. The third-order valence-electron chi connectivity index (χ3n) is 12.7. The van der Waals surface area contributed by atoms with Gasteiger partial charge in [0.25, 0.3) is 0 Å². The minimum absolute atomic E-state index is 0.0404. The number of phosphoric ester groups is 1. The maximum atomic E-state index is 12.7. The van der Waals surface area contributed by atoms with Crippen molar-refractivity contribution in [3.8, 4) is 0 Å². The average Bonchev–Trinajstić information content (AvgIpc) is 3.44. The van der Waals surface area contributed by atoms with E-state index >= 15 is 0 Å². The number of allylic oxidation sites excluding steroid dienone is 24. The maximum absolute atomic E-state index is 12.7. The molecule has 0 rings (SSSR count). The standard InChI is InChI=1S/C69H114NO8P/c1-3-5-7-9-11-13-15-17-19-21-22-23-24-25-26-27-28-29-30-31-32-33-34-35-36-37-38-39-40-41-42-43-44-46-48-50-52-54-56-58-60-62-69(72)78-67(66-77-79(73,74)76-64-63-70)65-75-68(71)61-59-57-55-53-51-49-47-45-20-18-16-14-12-10-8-6-4-2/h5-8,11-14,17-20,22-23,25-26,28-29,31-32,47,49,53,55,67H,3-4,9-10,15-16,21,24,27,30,33-46,48,50-52,54,56-66,70H2,1-2H3,(H,73,74)/b7-5-,8-6-,13-11-,14-12-,19-17-,20-18-,23-22-,26-25-,29-28-,32-31-,49-47-,55-53-. The van der Waals surface area contributed by atoms with Gasteiger partial charge in [-0.05, 0) is 109 Å². The van der Waals surface area contributed by atoms with E-state index in [9.17, 15) is 19.0 Å². The molecule has 79 heavy (non-hydrogen) atoms. The summed E-state index contributed by atoms with van der Waals surface area (Å²) in [6.45, 7) is 3.44. The number of hydrogen-bond acceptors (Lipinski definition) is 8. The van der Waals surface area contributed by atoms with Crippen molar-refractivity contribution in [3.05, 3.63) is 146 Å². The van der Waals surface area contributed by atoms with E-state index in [-0.39, 0.29) is 32.6 Å². The zero-order valence-corrected chi connectivity index (χ0v) is 50.9. The molecule has 0 amide bonds. The van der Waals surface area contributed by atoms with Crippen LogP contribution in [0.1, 0.15) is 245 Å². The molecule has 3 N–H and O–H groups in total. The molecule has 448 valence electrons. The molecule has 2 unspecified atom stereocenters. The third kappa shape index (κ3) is 62.9. The summed E-state index contributed by atoms with van der Waals surface area (Å²) >= 11 is 0. The molecule has 0 fully saturated rings. The molecular weight excluding hydrogens is 1000 g/mol. The minimum atomic E-state index is -4.41. The third-order valence-corrected chi connectivity index (χ3v) is 13.7. The minimum Gasteiger partial charge on any atom is -0.462 e. The van der Waals surface area contributed by atoms with Gasteiger partial charge in [-0.15, -0.1) is 0 Å². The number of carbonyl (C=O) groups is 2. The molecule has 0 aromatic heterocycles. The Labute approximate surface area is 484 Å². The van der Waals surface area contributed by atoms with Crippen LogP contribution in [0.5, 0.6) is 0 Å². The zero-order chi connectivity index (χ0) is 57.3. The lowest BCUT2D eigenvalue weighted by Crippen LogP contribution is -2.29. The van der Waals surface area contributed by atoms with Crippen molar-refractivity contribution in [2.75, 3.05) is 26.4 Å². The molecule has 0 aliphatic heterocycles. The molecule has 0 aromatic carbocycles. The lowest BCUT2D eigenvalue weighted by molar-refractivity contribution is -0.161. The van der Waals surface area contributed by atoms with Crippen LogP contribution in [0.15, 0.2) is 146 Å². The molecule has 0 saturated heterocycles. The maximum Gasteiger partial charge on any atom is 0.472 e. The highest BCUT2D eigenvalue weighted by Gasteiger charge is 2.26. The molecular formula is C69H114NO8P. The first kappa shape index (κ1) is 74.9. The second kappa shape index (κ2) is 63.1. The largest absolute Gasteiger partial charge is 0.472 e. The van der Waals surface area contributed by atoms with E-state index in [0.717, 1.165) is 103 Å². The fourth-order valence-electron chi connectivity index (χ4n) is 8.18. The van der Waals surface area contributed by atoms with Gasteiger partial charge in [0.05, 0.1) is 13.2 Å². The van der Waals surface area contributed by atoms with Crippen LogP contribution in [0.2, 0.25) is 0 Å². The van der Waals surface area contributed by atoms with Crippen LogP contribution in [0.25, 0.3) is 0 Å². The van der Waals surface area contributed by atoms with Crippen LogP contribution in [0.3, 0.4) is 0 Å². The molecule has 0 aliphatic rings. The monoisotopic (exact) mass is 1120 g/mol. The Morgan fingerprint density at radius 2 is 0.671 bits per heavy atom. The number of hydrogen-bond donors (Lipinski definition) is 2. The van der Waals surface area contributed by atoms with E-state index in [0.29, 0.717) is 12.8 Å². The van der Waals surface area contributed by atoms with Gasteiger partial charge in [-0.2, -0.15) is 0 Å². The van der Waals surface area contributed by atoms with Crippen LogP contribution in [-0.2, 0) is 32.7 Å². The Morgan fingerprint density at radius 3 is 1.01 bits per heavy atom. The first-order valence-electron chi connectivity index (χ1n) is 31.3. The van der Waals surface area contributed by atoms with Crippen molar-refractivity contribution < 1.29 is 37.6 Å². The highest BCUT2D eigenvalue weighted by atomic mass is 31.2. The Kier molecular flexibility index (Phi) is 59.8. The zero-order valence-electron chi connectivity index (χ0n) is 50.0. The normalized spacial score (nSPS) is 14.0. The van der Waals surface area contributed by atoms with E-state index in [1.54, 1.807) is 0 Å². The number of rotatable bonds is 57. The number of phosphoric acid groups is 1. The molecule has 0 bridgehead atoms. The average molecular weight is 1120 g/mol. The Morgan fingerprint density at radius 1 is 0.380 bits per heavy atom. The topological polar surface area (TPSA) is 134 Å². The van der Waals surface area contributed by atoms with Crippen molar-refractivity contribution in [2.24, 2.45) is 5.73 Å². The van der Waals surface area contributed by atoms with Gasteiger partial charge in [0.2, 0.25) is 0 Å². The van der Waals surface area contributed by atoms with Gasteiger partial charge in [-0.3, -0.25) is 18.6 Å². The number of esters is 2. The summed E-state index contributed by atoms with van der Waals surface area (Å²) in [5.74, 6) is -0.899. The first-order chi connectivity index (χ1) is 38.8. The SMILES string of the molecule is CC/C=C\C/C=C\C/C=C\C/C=C\C/C=C\C/C=C\C/C=C\CCCCCCCCCCCCCCCCCCCCCC(=O)OC(COC(=O)CCC/C=C\C/C=C\C/C=C\C/C=C\C/C=C\CC)COP(=O)(O)OCCN. The highest BCUT2D eigenvalue weighted by molar-refractivity contribution is 7.47. The fourth-order valence-corrected chi connectivity index (χ4v) is 8.95. The van der Waals surface area contributed by atoms with E-state index < -0.39 is 32.5 Å². The van der Waals surface area contributed by atoms with Crippen LogP contribution in [0, 0.1) is 0 Å². The van der Waals surface area contributed by atoms with Crippen LogP contribution in [0.4, 0.5) is 0 Å². The number of carbonyl (C=O) groups excluding carboxylic acids is 2. The van der Waals surface area contributed by atoms with Crippen molar-refractivity contribution in [1.29, 1.82) is 0 Å². The summed E-state index contributed by atoms with van der Waals surface area (Å²) < 4.78 is 33.0. The van der Waals surface area contributed by atoms with Crippen LogP contribution >= 0.6 is 7.82 Å². The lowest BCUT2D eigenvalue weighted by Gasteiger charge is -2.19. The quantitative estimate of drug-likeness (QED) is 0.0264. The van der Waals surface area contributed by atoms with Gasteiger partial charge < -0.3 is 20.1 Å². The summed E-state index contributed by atoms with van der Waals surface area (Å²) in [6.07, 6.45) is 90.9. The van der Waals surface area contributed by atoms with Gasteiger partial charge in [0.15, 0.2) is 6.10 Å². The molecule has 0 spiro atoms. The number of nitrogens with two attached hydrogens (primary N) is 1. The highest BCUT2D eigenvalue weighted by Crippen LogP contribution is 2.43. The van der Waals surface area contributed by atoms with Gasteiger partial charge >= 0.3 is 19.8 Å². The second-order valence-corrected chi connectivity index (χ2v) is 21.6. The molecule has 10 heteroatoms. The second-order valence-electron chi connectivity index (χ2n) is 20.2. The molecule has 0 saturated carbocycles. The van der Waals surface area contributed by atoms with Crippen LogP contribution in [-0.4, -0.2) is 49.3 Å².